The van der Waals surface area contributed by atoms with E-state index in [0.29, 0.717) is 5.69 Å². The highest BCUT2D eigenvalue weighted by molar-refractivity contribution is 7.92. The van der Waals surface area contributed by atoms with Crippen molar-refractivity contribution >= 4 is 27.3 Å². The van der Waals surface area contributed by atoms with Crippen LogP contribution in [-0.4, -0.2) is 30.8 Å². The van der Waals surface area contributed by atoms with Crippen molar-refractivity contribution in [3.63, 3.8) is 0 Å². The summed E-state index contributed by atoms with van der Waals surface area (Å²) in [5, 5.41) is 13.7. The molecule has 0 radical (unpaired) electrons. The monoisotopic (exact) mass is 426 g/mol. The Morgan fingerprint density at radius 1 is 1.03 bits per heavy atom. The molecule has 10 heteroatoms. The summed E-state index contributed by atoms with van der Waals surface area (Å²) in [4.78, 5) is 27.1. The van der Waals surface area contributed by atoms with E-state index in [1.165, 1.54) is 30.3 Å². The van der Waals surface area contributed by atoms with Gasteiger partial charge < -0.3 is 5.32 Å². The standard InChI is InChI=1S/C20H18N4O5S/c25-20(22-14-16-7-4-5-12-21-16)15-23(17-8-6-9-18(13-17)24(26)27)30(28,29)19-10-2-1-3-11-19/h1-13H,14-15H2,(H,22,25). The first kappa shape index (κ1) is 20.9. The highest BCUT2D eigenvalue weighted by Gasteiger charge is 2.28. The van der Waals surface area contributed by atoms with Crippen LogP contribution in [0.2, 0.25) is 0 Å². The van der Waals surface area contributed by atoms with Gasteiger partial charge in [-0.15, -0.1) is 0 Å². The number of nitrogens with zero attached hydrogens (tertiary/aromatic N) is 3. The molecular formula is C20H18N4O5S. The number of carbonyl (C=O) groups is 1. The lowest BCUT2D eigenvalue weighted by Gasteiger charge is -2.24. The van der Waals surface area contributed by atoms with Crippen molar-refractivity contribution < 1.29 is 18.1 Å². The number of nitro groups is 1. The largest absolute Gasteiger partial charge is 0.349 e. The molecule has 1 N–H and O–H groups in total. The number of nitro benzene ring substituents is 1. The van der Waals surface area contributed by atoms with Gasteiger partial charge in [0.05, 0.1) is 27.7 Å². The van der Waals surface area contributed by atoms with E-state index >= 15 is 0 Å². The zero-order chi connectivity index (χ0) is 21.6. The van der Waals surface area contributed by atoms with Gasteiger partial charge in [0.25, 0.3) is 15.7 Å². The molecule has 1 amide bonds. The Morgan fingerprint density at radius 3 is 2.43 bits per heavy atom. The SMILES string of the molecule is O=C(CN(c1cccc([N+](=O)[O-])c1)S(=O)(=O)c1ccccc1)NCc1ccccn1. The number of hydrogen-bond acceptors (Lipinski definition) is 6. The predicted molar refractivity (Wildman–Crippen MR) is 110 cm³/mol. The Morgan fingerprint density at radius 2 is 1.77 bits per heavy atom. The normalized spacial score (nSPS) is 10.9. The van der Waals surface area contributed by atoms with E-state index in [0.717, 1.165) is 10.4 Å². The fourth-order valence-electron chi connectivity index (χ4n) is 2.67. The van der Waals surface area contributed by atoms with Gasteiger partial charge in [0.15, 0.2) is 0 Å². The highest BCUT2D eigenvalue weighted by atomic mass is 32.2. The molecule has 0 atom stereocenters. The van der Waals surface area contributed by atoms with E-state index in [1.54, 1.807) is 42.6 Å². The summed E-state index contributed by atoms with van der Waals surface area (Å²) in [6, 6.07) is 17.9. The van der Waals surface area contributed by atoms with Gasteiger partial charge in [0.1, 0.15) is 6.54 Å². The number of nitrogens with one attached hydrogen (secondary N) is 1. The van der Waals surface area contributed by atoms with Crippen LogP contribution in [0.4, 0.5) is 11.4 Å². The lowest BCUT2D eigenvalue weighted by atomic mass is 10.3. The second-order valence-corrected chi connectivity index (χ2v) is 8.06. The first-order valence-electron chi connectivity index (χ1n) is 8.87. The second kappa shape index (κ2) is 9.14. The van der Waals surface area contributed by atoms with Crippen molar-refractivity contribution in [2.75, 3.05) is 10.8 Å². The molecule has 1 heterocycles. The molecule has 154 valence electrons. The molecule has 2 aromatic carbocycles. The Bertz CT molecular complexity index is 1140. The molecule has 0 saturated carbocycles. The number of hydrogen-bond donors (Lipinski definition) is 1. The molecule has 9 nitrogen and oxygen atoms in total. The van der Waals surface area contributed by atoms with Crippen LogP contribution < -0.4 is 9.62 Å². The van der Waals surface area contributed by atoms with E-state index in [9.17, 15) is 23.3 Å². The third-order valence-electron chi connectivity index (χ3n) is 4.14. The second-order valence-electron chi connectivity index (χ2n) is 6.20. The van der Waals surface area contributed by atoms with Crippen molar-refractivity contribution in [1.82, 2.24) is 10.3 Å². The van der Waals surface area contributed by atoms with Crippen LogP contribution in [0.5, 0.6) is 0 Å². The minimum absolute atomic E-state index is 0.0149. The number of non-ortho nitro benzene ring substituents is 1. The molecule has 0 bridgehead atoms. The van der Waals surface area contributed by atoms with Gasteiger partial charge in [0, 0.05) is 18.3 Å². The molecule has 0 fully saturated rings. The summed E-state index contributed by atoms with van der Waals surface area (Å²) in [7, 11) is -4.14. The van der Waals surface area contributed by atoms with Crippen molar-refractivity contribution in [2.45, 2.75) is 11.4 Å². The number of carbonyl (C=O) groups excluding carboxylic acids is 1. The van der Waals surface area contributed by atoms with Crippen LogP contribution in [0.15, 0.2) is 83.9 Å². The maximum absolute atomic E-state index is 13.2. The summed E-state index contributed by atoms with van der Waals surface area (Å²) in [6.45, 7) is -0.431. The van der Waals surface area contributed by atoms with E-state index < -0.39 is 27.4 Å². The number of pyridine rings is 1. The molecule has 3 aromatic rings. The Labute approximate surface area is 173 Å². The fraction of sp³-hybridized carbons (Fsp3) is 0.100. The molecule has 1 aromatic heterocycles. The van der Waals surface area contributed by atoms with Crippen molar-refractivity contribution in [3.8, 4) is 0 Å². The lowest BCUT2D eigenvalue weighted by molar-refractivity contribution is -0.384. The van der Waals surface area contributed by atoms with Crippen molar-refractivity contribution in [3.05, 3.63) is 94.8 Å². The average Bonchev–Trinajstić information content (AvgIpc) is 2.77. The molecular weight excluding hydrogens is 408 g/mol. The highest BCUT2D eigenvalue weighted by Crippen LogP contribution is 2.26. The third-order valence-corrected chi connectivity index (χ3v) is 5.93. The summed E-state index contributed by atoms with van der Waals surface area (Å²) in [5.74, 6) is -0.577. The van der Waals surface area contributed by atoms with Crippen LogP contribution in [0.3, 0.4) is 0 Å². The maximum Gasteiger partial charge on any atom is 0.271 e. The van der Waals surface area contributed by atoms with Gasteiger partial charge in [0.2, 0.25) is 5.91 Å². The third kappa shape index (κ3) is 4.97. The van der Waals surface area contributed by atoms with Gasteiger partial charge >= 0.3 is 0 Å². The number of amides is 1. The maximum atomic E-state index is 13.2. The molecule has 30 heavy (non-hydrogen) atoms. The smallest absolute Gasteiger partial charge is 0.271 e. The van der Waals surface area contributed by atoms with Crippen molar-refractivity contribution in [2.24, 2.45) is 0 Å². The molecule has 0 aliphatic carbocycles. The van der Waals surface area contributed by atoms with E-state index in [-0.39, 0.29) is 22.8 Å². The molecule has 0 aliphatic rings. The molecule has 0 unspecified atom stereocenters. The number of benzene rings is 2. The zero-order valence-electron chi connectivity index (χ0n) is 15.7. The summed E-state index contributed by atoms with van der Waals surface area (Å²) < 4.78 is 27.2. The quantitative estimate of drug-likeness (QED) is 0.436. The van der Waals surface area contributed by atoms with Gasteiger partial charge in [-0.2, -0.15) is 0 Å². The van der Waals surface area contributed by atoms with Crippen LogP contribution in [-0.2, 0) is 21.4 Å². The van der Waals surface area contributed by atoms with E-state index in [4.69, 9.17) is 0 Å². The van der Waals surface area contributed by atoms with Crippen LogP contribution in [0.1, 0.15) is 5.69 Å². The zero-order valence-corrected chi connectivity index (χ0v) is 16.5. The molecule has 0 spiro atoms. The lowest BCUT2D eigenvalue weighted by Crippen LogP contribution is -2.40. The van der Waals surface area contributed by atoms with Crippen LogP contribution in [0, 0.1) is 10.1 Å². The van der Waals surface area contributed by atoms with Gasteiger partial charge in [-0.25, -0.2) is 8.42 Å². The van der Waals surface area contributed by atoms with E-state index in [2.05, 4.69) is 10.3 Å². The van der Waals surface area contributed by atoms with Gasteiger partial charge in [-0.1, -0.05) is 30.3 Å². The first-order chi connectivity index (χ1) is 14.4. The van der Waals surface area contributed by atoms with Crippen molar-refractivity contribution in [1.29, 1.82) is 0 Å². The molecule has 3 rings (SSSR count). The number of sulfonamides is 1. The van der Waals surface area contributed by atoms with Crippen LogP contribution in [0.25, 0.3) is 0 Å². The van der Waals surface area contributed by atoms with Gasteiger partial charge in [-0.05, 0) is 30.3 Å². The first-order valence-corrected chi connectivity index (χ1v) is 10.3. The van der Waals surface area contributed by atoms with Crippen LogP contribution >= 0.6 is 0 Å². The Hall–Kier alpha value is -3.79. The minimum atomic E-state index is -4.14. The predicted octanol–water partition coefficient (Wildman–Crippen LogP) is 2.50. The number of rotatable bonds is 8. The molecule has 0 aliphatic heterocycles. The Kier molecular flexibility index (Phi) is 6.38. The summed E-state index contributed by atoms with van der Waals surface area (Å²) >= 11 is 0. The minimum Gasteiger partial charge on any atom is -0.349 e. The van der Waals surface area contributed by atoms with E-state index in [1.807, 2.05) is 0 Å². The summed E-state index contributed by atoms with van der Waals surface area (Å²) in [6.07, 6.45) is 1.58. The molecule has 0 saturated heterocycles. The number of anilines is 1. The topological polar surface area (TPSA) is 123 Å². The Balaban J connectivity index is 1.90. The average molecular weight is 426 g/mol. The fourth-order valence-corrected chi connectivity index (χ4v) is 4.11. The van der Waals surface area contributed by atoms with Gasteiger partial charge in [-0.3, -0.25) is 24.2 Å². The summed E-state index contributed by atoms with van der Waals surface area (Å²) in [5.41, 5.74) is 0.342. The number of aromatic nitrogens is 1.